The summed E-state index contributed by atoms with van der Waals surface area (Å²) in [6, 6.07) is 0. The maximum absolute atomic E-state index is 11.1. The molecule has 14 heavy (non-hydrogen) atoms. The smallest absolute Gasteiger partial charge is 0.306 e. The van der Waals surface area contributed by atoms with Crippen molar-refractivity contribution in [3.63, 3.8) is 0 Å². The zero-order chi connectivity index (χ0) is 10.1. The molecule has 2 nitrogen and oxygen atoms in total. The van der Waals surface area contributed by atoms with Gasteiger partial charge in [-0.3, -0.25) is 4.79 Å². The predicted octanol–water partition coefficient (Wildman–Crippen LogP) is 3.00. The SMILES string of the molecule is O=C1CC/C=C/CCC/C=C\CCO1. The Bertz CT molecular complexity index is 216. The van der Waals surface area contributed by atoms with E-state index in [2.05, 4.69) is 24.3 Å². The molecular formula is C12H18O2. The summed E-state index contributed by atoms with van der Waals surface area (Å²) in [4.78, 5) is 11.1. The molecule has 0 spiro atoms. The molecule has 1 aliphatic rings. The van der Waals surface area contributed by atoms with E-state index in [1.165, 1.54) is 6.42 Å². The summed E-state index contributed by atoms with van der Waals surface area (Å²) < 4.78 is 5.03. The topological polar surface area (TPSA) is 26.3 Å². The Morgan fingerprint density at radius 3 is 2.36 bits per heavy atom. The molecule has 0 atom stereocenters. The summed E-state index contributed by atoms with van der Waals surface area (Å²) in [7, 11) is 0. The van der Waals surface area contributed by atoms with Crippen molar-refractivity contribution in [2.75, 3.05) is 6.61 Å². The number of hydrogen-bond donors (Lipinski definition) is 0. The van der Waals surface area contributed by atoms with Crippen LogP contribution in [0.3, 0.4) is 0 Å². The molecule has 1 rings (SSSR count). The fraction of sp³-hybridized carbons (Fsp3) is 0.583. The molecule has 1 heterocycles. The van der Waals surface area contributed by atoms with E-state index in [-0.39, 0.29) is 5.97 Å². The van der Waals surface area contributed by atoms with Crippen LogP contribution in [0.5, 0.6) is 0 Å². The van der Waals surface area contributed by atoms with Gasteiger partial charge in [0.2, 0.25) is 0 Å². The highest BCUT2D eigenvalue weighted by Gasteiger charge is 1.99. The van der Waals surface area contributed by atoms with Crippen LogP contribution < -0.4 is 0 Å². The van der Waals surface area contributed by atoms with Gasteiger partial charge in [-0.15, -0.1) is 0 Å². The number of esters is 1. The average Bonchev–Trinajstić information content (AvgIpc) is 2.20. The van der Waals surface area contributed by atoms with E-state index in [4.69, 9.17) is 4.74 Å². The van der Waals surface area contributed by atoms with Crippen LogP contribution in [0.1, 0.15) is 38.5 Å². The monoisotopic (exact) mass is 194 g/mol. The van der Waals surface area contributed by atoms with Crippen molar-refractivity contribution in [2.24, 2.45) is 0 Å². The molecule has 0 aromatic rings. The number of cyclic esters (lactones) is 1. The molecule has 2 heteroatoms. The van der Waals surface area contributed by atoms with Crippen molar-refractivity contribution < 1.29 is 9.53 Å². The molecule has 0 bridgehead atoms. The second-order valence-corrected chi connectivity index (χ2v) is 3.42. The standard InChI is InChI=1S/C12H18O2/c13-12-10-8-6-4-2-1-3-5-7-9-11-14-12/h4-7H,1-3,8-11H2/b6-4+,7-5-. The van der Waals surface area contributed by atoms with Crippen molar-refractivity contribution >= 4 is 5.97 Å². The average molecular weight is 194 g/mol. The Hall–Kier alpha value is -1.05. The van der Waals surface area contributed by atoms with Gasteiger partial charge in [-0.1, -0.05) is 24.3 Å². The maximum Gasteiger partial charge on any atom is 0.306 e. The van der Waals surface area contributed by atoms with Gasteiger partial charge < -0.3 is 4.74 Å². The number of allylic oxidation sites excluding steroid dienone is 3. The minimum absolute atomic E-state index is 0.0812. The lowest BCUT2D eigenvalue weighted by Gasteiger charge is -2.00. The highest BCUT2D eigenvalue weighted by Crippen LogP contribution is 2.03. The maximum atomic E-state index is 11.1. The fourth-order valence-corrected chi connectivity index (χ4v) is 1.34. The van der Waals surface area contributed by atoms with E-state index < -0.39 is 0 Å². The number of rotatable bonds is 0. The van der Waals surface area contributed by atoms with Crippen LogP contribution in [0.2, 0.25) is 0 Å². The summed E-state index contributed by atoms with van der Waals surface area (Å²) in [5.74, 6) is -0.0812. The Morgan fingerprint density at radius 2 is 1.57 bits per heavy atom. The molecule has 0 saturated carbocycles. The molecule has 0 aromatic heterocycles. The molecular weight excluding hydrogens is 176 g/mol. The number of hydrogen-bond acceptors (Lipinski definition) is 2. The van der Waals surface area contributed by atoms with Gasteiger partial charge in [-0.2, -0.15) is 0 Å². The first kappa shape index (κ1) is 11.0. The lowest BCUT2D eigenvalue weighted by molar-refractivity contribution is -0.143. The van der Waals surface area contributed by atoms with Crippen LogP contribution in [0.4, 0.5) is 0 Å². The second-order valence-electron chi connectivity index (χ2n) is 3.42. The quantitative estimate of drug-likeness (QED) is 0.437. The minimum atomic E-state index is -0.0812. The number of carbonyl (C=O) groups excluding carboxylic acids is 1. The zero-order valence-electron chi connectivity index (χ0n) is 8.58. The Labute approximate surface area is 85.6 Å². The van der Waals surface area contributed by atoms with Gasteiger partial charge >= 0.3 is 5.97 Å². The highest BCUT2D eigenvalue weighted by molar-refractivity contribution is 5.69. The van der Waals surface area contributed by atoms with Gasteiger partial charge in [-0.25, -0.2) is 0 Å². The summed E-state index contributed by atoms with van der Waals surface area (Å²) in [5.41, 5.74) is 0. The van der Waals surface area contributed by atoms with Crippen LogP contribution in [-0.2, 0) is 9.53 Å². The van der Waals surface area contributed by atoms with Gasteiger partial charge in [0.05, 0.1) is 6.61 Å². The highest BCUT2D eigenvalue weighted by atomic mass is 16.5. The predicted molar refractivity (Wildman–Crippen MR) is 56.9 cm³/mol. The first-order valence-electron chi connectivity index (χ1n) is 5.35. The molecule has 0 fully saturated rings. The summed E-state index contributed by atoms with van der Waals surface area (Å²) in [5, 5.41) is 0. The molecule has 0 unspecified atom stereocenters. The second kappa shape index (κ2) is 7.36. The molecule has 0 aliphatic carbocycles. The van der Waals surface area contributed by atoms with Gasteiger partial charge in [0.25, 0.3) is 0 Å². The van der Waals surface area contributed by atoms with Crippen molar-refractivity contribution in [3.05, 3.63) is 24.3 Å². The number of ether oxygens (including phenoxy) is 1. The van der Waals surface area contributed by atoms with E-state index in [9.17, 15) is 4.79 Å². The van der Waals surface area contributed by atoms with Crippen LogP contribution in [0, 0.1) is 0 Å². The van der Waals surface area contributed by atoms with E-state index in [1.54, 1.807) is 0 Å². The summed E-state index contributed by atoms with van der Waals surface area (Å²) in [6.45, 7) is 0.527. The van der Waals surface area contributed by atoms with Crippen molar-refractivity contribution in [3.8, 4) is 0 Å². The number of carbonyl (C=O) groups is 1. The van der Waals surface area contributed by atoms with Crippen LogP contribution in [0.25, 0.3) is 0 Å². The molecule has 0 saturated heterocycles. The van der Waals surface area contributed by atoms with E-state index in [0.717, 1.165) is 25.7 Å². The van der Waals surface area contributed by atoms with Crippen LogP contribution in [0.15, 0.2) is 24.3 Å². The Balaban J connectivity index is 2.32. The third-order valence-corrected chi connectivity index (χ3v) is 2.14. The normalized spacial score (nSPS) is 25.0. The van der Waals surface area contributed by atoms with Crippen molar-refractivity contribution in [2.45, 2.75) is 38.5 Å². The molecule has 1 aliphatic heterocycles. The molecule has 0 amide bonds. The largest absolute Gasteiger partial charge is 0.465 e. The third-order valence-electron chi connectivity index (χ3n) is 2.14. The van der Waals surface area contributed by atoms with Gasteiger partial charge in [0, 0.05) is 6.42 Å². The lowest BCUT2D eigenvalue weighted by atomic mass is 10.2. The first-order chi connectivity index (χ1) is 6.89. The Morgan fingerprint density at radius 1 is 0.929 bits per heavy atom. The summed E-state index contributed by atoms with van der Waals surface area (Å²) >= 11 is 0. The van der Waals surface area contributed by atoms with Gasteiger partial charge in [0.15, 0.2) is 0 Å². The molecule has 78 valence electrons. The van der Waals surface area contributed by atoms with Crippen molar-refractivity contribution in [1.82, 2.24) is 0 Å². The van der Waals surface area contributed by atoms with Gasteiger partial charge in [0.1, 0.15) is 0 Å². The van der Waals surface area contributed by atoms with E-state index in [1.807, 2.05) is 0 Å². The van der Waals surface area contributed by atoms with Gasteiger partial charge in [-0.05, 0) is 32.1 Å². The zero-order valence-corrected chi connectivity index (χ0v) is 8.58. The third kappa shape index (κ3) is 5.57. The molecule has 0 aromatic carbocycles. The first-order valence-corrected chi connectivity index (χ1v) is 5.35. The Kier molecular flexibility index (Phi) is 5.80. The summed E-state index contributed by atoms with van der Waals surface area (Å²) in [6.07, 6.45) is 14.1. The van der Waals surface area contributed by atoms with E-state index in [0.29, 0.717) is 13.0 Å². The lowest BCUT2D eigenvalue weighted by Crippen LogP contribution is -2.04. The minimum Gasteiger partial charge on any atom is -0.465 e. The van der Waals surface area contributed by atoms with Crippen LogP contribution >= 0.6 is 0 Å². The van der Waals surface area contributed by atoms with Crippen LogP contribution in [-0.4, -0.2) is 12.6 Å². The van der Waals surface area contributed by atoms with Crippen molar-refractivity contribution in [1.29, 1.82) is 0 Å². The molecule has 0 radical (unpaired) electrons. The molecule has 0 N–H and O–H groups in total. The van der Waals surface area contributed by atoms with E-state index >= 15 is 0 Å². The fourth-order valence-electron chi connectivity index (χ4n) is 1.34.